The van der Waals surface area contributed by atoms with Gasteiger partial charge < -0.3 is 14.0 Å². The summed E-state index contributed by atoms with van der Waals surface area (Å²) in [5.41, 5.74) is 3.41. The Morgan fingerprint density at radius 2 is 2.19 bits per heavy atom. The van der Waals surface area contributed by atoms with Crippen molar-refractivity contribution in [1.82, 2.24) is 9.58 Å². The lowest BCUT2D eigenvalue weighted by molar-refractivity contribution is -0.132. The van der Waals surface area contributed by atoms with Crippen LogP contribution >= 0.6 is 0 Å². The van der Waals surface area contributed by atoms with Gasteiger partial charge in [-0.2, -0.15) is 5.10 Å². The molecule has 31 heavy (non-hydrogen) atoms. The summed E-state index contributed by atoms with van der Waals surface area (Å²) in [6.45, 7) is 2.77. The van der Waals surface area contributed by atoms with Crippen LogP contribution in [0.1, 0.15) is 29.0 Å². The molecule has 0 spiro atoms. The van der Waals surface area contributed by atoms with Crippen LogP contribution in [-0.2, 0) is 16.6 Å². The van der Waals surface area contributed by atoms with E-state index < -0.39 is 0 Å². The molecule has 4 rings (SSSR count). The molecule has 1 saturated heterocycles. The number of rotatable bonds is 6. The second-order valence-electron chi connectivity index (χ2n) is 7.90. The van der Waals surface area contributed by atoms with Gasteiger partial charge in [-0.1, -0.05) is 12.1 Å². The molecule has 1 aliphatic rings. The number of hydrogen-bond acceptors (Lipinski definition) is 4. The number of nitrogens with zero attached hydrogens (tertiary/aromatic N) is 3. The summed E-state index contributed by atoms with van der Waals surface area (Å²) in [6.07, 6.45) is 4.46. The summed E-state index contributed by atoms with van der Waals surface area (Å²) in [6, 6.07) is 10.9. The highest BCUT2D eigenvalue weighted by atomic mass is 19.1. The number of fused-ring (bicyclic) bond motifs is 1. The van der Waals surface area contributed by atoms with Crippen molar-refractivity contribution >= 4 is 23.0 Å². The SMILES string of the molecule is Cc1cc(F)cc(C2CCOC2)c1OCC(=O)N(C)N=Cc1ccc2ccn(C)c2c1. The van der Waals surface area contributed by atoms with Crippen molar-refractivity contribution in [2.75, 3.05) is 26.9 Å². The van der Waals surface area contributed by atoms with Crippen LogP contribution in [0, 0.1) is 12.7 Å². The average molecular weight is 423 g/mol. The van der Waals surface area contributed by atoms with E-state index in [1.54, 1.807) is 20.2 Å². The molecule has 1 unspecified atom stereocenters. The van der Waals surface area contributed by atoms with Crippen molar-refractivity contribution < 1.29 is 18.7 Å². The second-order valence-corrected chi connectivity index (χ2v) is 7.90. The minimum absolute atomic E-state index is 0.0719. The monoisotopic (exact) mass is 423 g/mol. The lowest BCUT2D eigenvalue weighted by Gasteiger charge is -2.19. The van der Waals surface area contributed by atoms with Gasteiger partial charge >= 0.3 is 0 Å². The van der Waals surface area contributed by atoms with Gasteiger partial charge in [0.25, 0.3) is 5.91 Å². The number of halogens is 1. The zero-order chi connectivity index (χ0) is 22.0. The van der Waals surface area contributed by atoms with Crippen molar-refractivity contribution in [3.63, 3.8) is 0 Å². The Morgan fingerprint density at radius 1 is 1.35 bits per heavy atom. The van der Waals surface area contributed by atoms with E-state index >= 15 is 0 Å². The van der Waals surface area contributed by atoms with Crippen LogP contribution in [-0.4, -0.2) is 48.6 Å². The Bertz CT molecular complexity index is 1130. The van der Waals surface area contributed by atoms with Gasteiger partial charge in [-0.25, -0.2) is 9.40 Å². The normalized spacial score (nSPS) is 16.3. The van der Waals surface area contributed by atoms with E-state index in [1.807, 2.05) is 42.1 Å². The van der Waals surface area contributed by atoms with Crippen LogP contribution in [0.5, 0.6) is 5.75 Å². The molecule has 6 nitrogen and oxygen atoms in total. The quantitative estimate of drug-likeness (QED) is 0.445. The Kier molecular flexibility index (Phi) is 6.04. The van der Waals surface area contributed by atoms with Crippen LogP contribution in [0.4, 0.5) is 4.39 Å². The summed E-state index contributed by atoms with van der Waals surface area (Å²) >= 11 is 0. The van der Waals surface area contributed by atoms with Gasteiger partial charge in [0.1, 0.15) is 11.6 Å². The molecule has 1 aliphatic heterocycles. The zero-order valence-electron chi connectivity index (χ0n) is 18.0. The Balaban J connectivity index is 1.43. The zero-order valence-corrected chi connectivity index (χ0v) is 18.0. The maximum absolute atomic E-state index is 14.0. The predicted molar refractivity (Wildman–Crippen MR) is 118 cm³/mol. The van der Waals surface area contributed by atoms with Gasteiger partial charge in [0, 0.05) is 43.9 Å². The summed E-state index contributed by atoms with van der Waals surface area (Å²) < 4.78 is 27.3. The number of hydrazone groups is 1. The number of benzene rings is 2. The molecule has 0 aliphatic carbocycles. The minimum Gasteiger partial charge on any atom is -0.483 e. The molecular formula is C24H26FN3O3. The van der Waals surface area contributed by atoms with E-state index in [9.17, 15) is 9.18 Å². The van der Waals surface area contributed by atoms with E-state index in [4.69, 9.17) is 9.47 Å². The van der Waals surface area contributed by atoms with Crippen LogP contribution < -0.4 is 4.74 Å². The molecule has 7 heteroatoms. The first-order valence-electron chi connectivity index (χ1n) is 10.3. The number of carbonyl (C=O) groups is 1. The first-order valence-corrected chi connectivity index (χ1v) is 10.3. The first-order chi connectivity index (χ1) is 14.9. The van der Waals surface area contributed by atoms with E-state index in [0.717, 1.165) is 28.5 Å². The standard InChI is InChI=1S/C24H26FN3O3/c1-16-10-20(25)12-21(19-7-9-30-14-19)24(16)31-15-23(29)28(3)26-13-17-4-5-18-6-8-27(2)22(18)11-17/h4-6,8,10-13,19H,7,9,14-15H2,1-3H3. The minimum atomic E-state index is -0.310. The summed E-state index contributed by atoms with van der Waals surface area (Å²) in [4.78, 5) is 12.6. The molecule has 0 bridgehead atoms. The molecule has 0 saturated carbocycles. The summed E-state index contributed by atoms with van der Waals surface area (Å²) in [7, 11) is 3.58. The largest absolute Gasteiger partial charge is 0.483 e. The molecule has 1 atom stereocenters. The first kappa shape index (κ1) is 21.1. The number of likely N-dealkylation sites (N-methyl/N-ethyl adjacent to an activating group) is 1. The number of ether oxygens (including phenoxy) is 2. The summed E-state index contributed by atoms with van der Waals surface area (Å²) in [5, 5.41) is 6.66. The van der Waals surface area contributed by atoms with E-state index in [1.165, 1.54) is 17.1 Å². The van der Waals surface area contributed by atoms with Gasteiger partial charge in [0.05, 0.1) is 12.8 Å². The highest BCUT2D eigenvalue weighted by Gasteiger charge is 2.24. The molecule has 1 amide bonds. The van der Waals surface area contributed by atoms with E-state index in [-0.39, 0.29) is 24.2 Å². The van der Waals surface area contributed by atoms with Crippen LogP contribution in [0.3, 0.4) is 0 Å². The maximum Gasteiger partial charge on any atom is 0.280 e. The van der Waals surface area contributed by atoms with Crippen LogP contribution in [0.2, 0.25) is 0 Å². The topological polar surface area (TPSA) is 56.1 Å². The van der Waals surface area contributed by atoms with Crippen molar-refractivity contribution in [2.24, 2.45) is 12.1 Å². The van der Waals surface area contributed by atoms with Crippen LogP contribution in [0.25, 0.3) is 10.9 Å². The molecular weight excluding hydrogens is 397 g/mol. The Hall–Kier alpha value is -3.19. The van der Waals surface area contributed by atoms with Crippen molar-refractivity contribution in [1.29, 1.82) is 0 Å². The molecule has 3 aromatic rings. The number of hydrogen-bond donors (Lipinski definition) is 0. The van der Waals surface area contributed by atoms with Gasteiger partial charge in [0.2, 0.25) is 0 Å². The Morgan fingerprint density at radius 3 is 2.97 bits per heavy atom. The maximum atomic E-state index is 14.0. The molecule has 0 N–H and O–H groups in total. The number of amides is 1. The van der Waals surface area contributed by atoms with Gasteiger partial charge in [0.15, 0.2) is 6.61 Å². The molecule has 1 fully saturated rings. The lowest BCUT2D eigenvalue weighted by Crippen LogP contribution is -2.27. The summed E-state index contributed by atoms with van der Waals surface area (Å²) in [5.74, 6) is 0.0167. The molecule has 0 radical (unpaired) electrons. The predicted octanol–water partition coefficient (Wildman–Crippen LogP) is 4.00. The van der Waals surface area contributed by atoms with E-state index in [2.05, 4.69) is 5.10 Å². The van der Waals surface area contributed by atoms with Crippen molar-refractivity contribution in [2.45, 2.75) is 19.3 Å². The van der Waals surface area contributed by atoms with E-state index in [0.29, 0.717) is 24.5 Å². The van der Waals surface area contributed by atoms with Crippen molar-refractivity contribution in [3.05, 3.63) is 65.1 Å². The molecule has 162 valence electrons. The highest BCUT2D eigenvalue weighted by molar-refractivity contribution is 5.89. The fourth-order valence-electron chi connectivity index (χ4n) is 3.84. The number of aryl methyl sites for hydroxylation is 2. The fourth-order valence-corrected chi connectivity index (χ4v) is 3.84. The highest BCUT2D eigenvalue weighted by Crippen LogP contribution is 2.35. The number of carbonyl (C=O) groups excluding carboxylic acids is 1. The van der Waals surface area contributed by atoms with Gasteiger partial charge in [-0.15, -0.1) is 0 Å². The van der Waals surface area contributed by atoms with Gasteiger partial charge in [-0.05, 0) is 54.1 Å². The molecule has 1 aromatic heterocycles. The average Bonchev–Trinajstić information content (AvgIpc) is 3.41. The van der Waals surface area contributed by atoms with Crippen molar-refractivity contribution in [3.8, 4) is 5.75 Å². The fraction of sp³-hybridized carbons (Fsp3) is 0.333. The third kappa shape index (κ3) is 4.61. The molecule has 2 heterocycles. The third-order valence-electron chi connectivity index (χ3n) is 5.63. The van der Waals surface area contributed by atoms with Crippen LogP contribution in [0.15, 0.2) is 47.7 Å². The molecule has 2 aromatic carbocycles. The second kappa shape index (κ2) is 8.89. The number of aromatic nitrogens is 1. The van der Waals surface area contributed by atoms with Gasteiger partial charge in [-0.3, -0.25) is 4.79 Å². The smallest absolute Gasteiger partial charge is 0.280 e. The third-order valence-corrected chi connectivity index (χ3v) is 5.63. The Labute approximate surface area is 180 Å². The lowest BCUT2D eigenvalue weighted by atomic mass is 9.95.